The van der Waals surface area contributed by atoms with Crippen LogP contribution in [-0.2, 0) is 6.42 Å². The molecular formula is C12H15ClFNO. The number of hydrogen-bond acceptors (Lipinski definition) is 2. The highest BCUT2D eigenvalue weighted by atomic mass is 35.5. The summed E-state index contributed by atoms with van der Waals surface area (Å²) in [6.07, 6.45) is 1.21. The zero-order chi connectivity index (χ0) is 11.8. The van der Waals surface area contributed by atoms with Crippen LogP contribution in [0.3, 0.4) is 0 Å². The second-order valence-corrected chi connectivity index (χ2v) is 5.04. The Morgan fingerprint density at radius 1 is 1.56 bits per heavy atom. The highest BCUT2D eigenvalue weighted by Crippen LogP contribution is 2.26. The van der Waals surface area contributed by atoms with Gasteiger partial charge < -0.3 is 10.0 Å². The molecule has 0 aliphatic carbocycles. The summed E-state index contributed by atoms with van der Waals surface area (Å²) < 4.78 is 13.2. The largest absolute Gasteiger partial charge is 0.388 e. The number of likely N-dealkylation sites (tertiary alicyclic amines) is 1. The third-order valence-electron chi connectivity index (χ3n) is 3.04. The van der Waals surface area contributed by atoms with Crippen molar-refractivity contribution >= 4 is 11.6 Å². The second-order valence-electron chi connectivity index (χ2n) is 4.64. The van der Waals surface area contributed by atoms with Gasteiger partial charge >= 0.3 is 0 Å². The molecule has 0 amide bonds. The summed E-state index contributed by atoms with van der Waals surface area (Å²) in [5.41, 5.74) is 0.0642. The molecule has 16 heavy (non-hydrogen) atoms. The summed E-state index contributed by atoms with van der Waals surface area (Å²) in [5, 5.41) is 10.4. The lowest BCUT2D eigenvalue weighted by molar-refractivity contribution is 0.0523. The number of halogens is 2. The van der Waals surface area contributed by atoms with E-state index in [1.54, 1.807) is 6.07 Å². The summed E-state index contributed by atoms with van der Waals surface area (Å²) in [4.78, 5) is 2.08. The standard InChI is InChI=1S/C12H15ClFNO/c1-15-5-4-12(16,8-15)7-9-2-3-10(13)11(14)6-9/h2-3,6,16H,4-5,7-8H2,1H3. The molecule has 2 nitrogen and oxygen atoms in total. The van der Waals surface area contributed by atoms with Crippen LogP contribution in [0.4, 0.5) is 4.39 Å². The Bertz CT molecular complexity index is 399. The Hall–Kier alpha value is -0.640. The Kier molecular flexibility index (Phi) is 3.19. The molecular weight excluding hydrogens is 229 g/mol. The quantitative estimate of drug-likeness (QED) is 0.860. The highest BCUT2D eigenvalue weighted by Gasteiger charge is 2.34. The fourth-order valence-electron chi connectivity index (χ4n) is 2.23. The van der Waals surface area contributed by atoms with Gasteiger partial charge in [-0.2, -0.15) is 0 Å². The van der Waals surface area contributed by atoms with Crippen molar-refractivity contribution in [2.45, 2.75) is 18.4 Å². The predicted molar refractivity (Wildman–Crippen MR) is 62.2 cm³/mol. The summed E-state index contributed by atoms with van der Waals surface area (Å²) in [5.74, 6) is -0.422. The summed E-state index contributed by atoms with van der Waals surface area (Å²) >= 11 is 5.61. The van der Waals surface area contributed by atoms with Crippen molar-refractivity contribution in [3.05, 3.63) is 34.6 Å². The molecule has 0 saturated carbocycles. The number of β-amino-alcohol motifs (C(OH)–C–C–N with tert-alkyl or cyclic N) is 1. The Morgan fingerprint density at radius 2 is 2.31 bits per heavy atom. The second kappa shape index (κ2) is 4.32. The number of likely N-dealkylation sites (N-methyl/N-ethyl adjacent to an activating group) is 1. The Morgan fingerprint density at radius 3 is 2.88 bits per heavy atom. The lowest BCUT2D eigenvalue weighted by atomic mass is 9.94. The van der Waals surface area contributed by atoms with E-state index in [4.69, 9.17) is 11.6 Å². The number of rotatable bonds is 2. The predicted octanol–water partition coefficient (Wildman–Crippen LogP) is 2.09. The van der Waals surface area contributed by atoms with E-state index in [1.807, 2.05) is 7.05 Å². The highest BCUT2D eigenvalue weighted by molar-refractivity contribution is 6.30. The van der Waals surface area contributed by atoms with Crippen molar-refractivity contribution < 1.29 is 9.50 Å². The van der Waals surface area contributed by atoms with Crippen LogP contribution in [0.1, 0.15) is 12.0 Å². The van der Waals surface area contributed by atoms with Crippen LogP contribution in [0.2, 0.25) is 5.02 Å². The van der Waals surface area contributed by atoms with Gasteiger partial charge in [0.25, 0.3) is 0 Å². The Labute approximate surface area is 99.6 Å². The van der Waals surface area contributed by atoms with E-state index >= 15 is 0 Å². The van der Waals surface area contributed by atoms with E-state index in [1.165, 1.54) is 12.1 Å². The van der Waals surface area contributed by atoms with Gasteiger partial charge in [-0.25, -0.2) is 4.39 Å². The van der Waals surface area contributed by atoms with Gasteiger partial charge in [-0.3, -0.25) is 0 Å². The number of hydrogen-bond donors (Lipinski definition) is 1. The maximum atomic E-state index is 13.2. The molecule has 1 N–H and O–H groups in total. The molecule has 1 aliphatic heterocycles. The molecule has 0 aromatic heterocycles. The Balaban J connectivity index is 2.12. The van der Waals surface area contributed by atoms with Gasteiger partial charge in [0, 0.05) is 19.5 Å². The monoisotopic (exact) mass is 243 g/mol. The third kappa shape index (κ3) is 2.54. The fraction of sp³-hybridized carbons (Fsp3) is 0.500. The summed E-state index contributed by atoms with van der Waals surface area (Å²) in [6.45, 7) is 1.52. The van der Waals surface area contributed by atoms with Crippen molar-refractivity contribution in [1.29, 1.82) is 0 Å². The van der Waals surface area contributed by atoms with Crippen LogP contribution in [0.25, 0.3) is 0 Å². The number of benzene rings is 1. The van der Waals surface area contributed by atoms with Crippen LogP contribution in [0, 0.1) is 5.82 Å². The van der Waals surface area contributed by atoms with Gasteiger partial charge in [0.2, 0.25) is 0 Å². The van der Waals surface area contributed by atoms with Crippen molar-refractivity contribution in [2.24, 2.45) is 0 Å². The average Bonchev–Trinajstić information content (AvgIpc) is 2.52. The van der Waals surface area contributed by atoms with E-state index in [-0.39, 0.29) is 5.02 Å². The first kappa shape index (κ1) is 11.8. The molecule has 0 radical (unpaired) electrons. The van der Waals surface area contributed by atoms with Crippen molar-refractivity contribution in [3.63, 3.8) is 0 Å². The van der Waals surface area contributed by atoms with Crippen molar-refractivity contribution in [1.82, 2.24) is 4.90 Å². The van der Waals surface area contributed by atoms with E-state index in [0.717, 1.165) is 18.5 Å². The molecule has 4 heteroatoms. The van der Waals surface area contributed by atoms with Gasteiger partial charge in [-0.1, -0.05) is 17.7 Å². The van der Waals surface area contributed by atoms with Crippen LogP contribution in [-0.4, -0.2) is 35.7 Å². The molecule has 1 aliphatic rings. The molecule has 1 fully saturated rings. The zero-order valence-electron chi connectivity index (χ0n) is 9.21. The van der Waals surface area contributed by atoms with Crippen LogP contribution in [0.15, 0.2) is 18.2 Å². The molecule has 0 spiro atoms. The van der Waals surface area contributed by atoms with Gasteiger partial charge in [0.15, 0.2) is 0 Å². The minimum Gasteiger partial charge on any atom is -0.388 e. The smallest absolute Gasteiger partial charge is 0.142 e. The minimum atomic E-state index is -0.727. The summed E-state index contributed by atoms with van der Waals surface area (Å²) in [7, 11) is 1.97. The zero-order valence-corrected chi connectivity index (χ0v) is 9.97. The molecule has 88 valence electrons. The molecule has 1 unspecified atom stereocenters. The third-order valence-corrected chi connectivity index (χ3v) is 3.35. The summed E-state index contributed by atoms with van der Waals surface area (Å²) in [6, 6.07) is 4.70. The van der Waals surface area contributed by atoms with Gasteiger partial charge in [0.1, 0.15) is 5.82 Å². The van der Waals surface area contributed by atoms with Gasteiger partial charge in [0.05, 0.1) is 10.6 Å². The number of nitrogens with zero attached hydrogens (tertiary/aromatic N) is 1. The van der Waals surface area contributed by atoms with Crippen molar-refractivity contribution in [2.75, 3.05) is 20.1 Å². The maximum absolute atomic E-state index is 13.2. The molecule has 1 saturated heterocycles. The number of aliphatic hydroxyl groups is 1. The molecule has 1 atom stereocenters. The fourth-order valence-corrected chi connectivity index (χ4v) is 2.35. The van der Waals surface area contributed by atoms with Crippen LogP contribution in [0.5, 0.6) is 0 Å². The molecule has 1 heterocycles. The maximum Gasteiger partial charge on any atom is 0.142 e. The lowest BCUT2D eigenvalue weighted by Crippen LogP contribution is -2.34. The molecule has 1 aromatic rings. The molecule has 1 aromatic carbocycles. The van der Waals surface area contributed by atoms with E-state index in [2.05, 4.69) is 4.90 Å². The average molecular weight is 244 g/mol. The van der Waals surface area contributed by atoms with E-state index in [9.17, 15) is 9.50 Å². The lowest BCUT2D eigenvalue weighted by Gasteiger charge is -2.22. The molecule has 0 bridgehead atoms. The van der Waals surface area contributed by atoms with Crippen LogP contribution < -0.4 is 0 Å². The first-order valence-electron chi connectivity index (χ1n) is 5.33. The van der Waals surface area contributed by atoms with Crippen molar-refractivity contribution in [3.8, 4) is 0 Å². The van der Waals surface area contributed by atoms with Gasteiger partial charge in [-0.05, 0) is 31.2 Å². The SMILES string of the molecule is CN1CCC(O)(Cc2ccc(Cl)c(F)c2)C1. The van der Waals surface area contributed by atoms with E-state index in [0.29, 0.717) is 13.0 Å². The van der Waals surface area contributed by atoms with Crippen LogP contribution >= 0.6 is 11.6 Å². The minimum absolute atomic E-state index is 0.124. The first-order chi connectivity index (χ1) is 7.48. The topological polar surface area (TPSA) is 23.5 Å². The molecule has 2 rings (SSSR count). The first-order valence-corrected chi connectivity index (χ1v) is 5.71. The van der Waals surface area contributed by atoms with E-state index < -0.39 is 11.4 Å². The van der Waals surface area contributed by atoms with Gasteiger partial charge in [-0.15, -0.1) is 0 Å². The normalized spacial score (nSPS) is 26.2.